The number of carbonyl (C=O) groups excluding carboxylic acids is 2. The Morgan fingerprint density at radius 2 is 2.00 bits per heavy atom. The van der Waals surface area contributed by atoms with Crippen LogP contribution in [0, 0.1) is 0 Å². The highest BCUT2D eigenvalue weighted by Gasteiger charge is 2.33. The zero-order chi connectivity index (χ0) is 18.6. The van der Waals surface area contributed by atoms with Crippen LogP contribution in [0.3, 0.4) is 0 Å². The van der Waals surface area contributed by atoms with Gasteiger partial charge in [-0.05, 0) is 54.4 Å². The summed E-state index contributed by atoms with van der Waals surface area (Å²) in [6.07, 6.45) is 0. The summed E-state index contributed by atoms with van der Waals surface area (Å²) in [5.74, 6) is 0.578. The van der Waals surface area contributed by atoms with Crippen LogP contribution in [0.1, 0.15) is 32.4 Å². The second-order valence-electron chi connectivity index (χ2n) is 5.26. The molecule has 0 aliphatic carbocycles. The monoisotopic (exact) mass is 412 g/mol. The van der Waals surface area contributed by atoms with Crippen LogP contribution in [0.15, 0.2) is 27.9 Å². The Balaban J connectivity index is 2.53. The van der Waals surface area contributed by atoms with Crippen molar-refractivity contribution >= 4 is 27.9 Å². The number of nitrogens with one attached hydrogen (secondary N) is 2. The normalized spacial score (nSPS) is 16.8. The molecule has 8 heteroatoms. The molecule has 25 heavy (non-hydrogen) atoms. The van der Waals surface area contributed by atoms with E-state index in [1.165, 1.54) is 7.11 Å². The van der Waals surface area contributed by atoms with E-state index in [2.05, 4.69) is 26.6 Å². The fourth-order valence-corrected chi connectivity index (χ4v) is 3.19. The minimum Gasteiger partial charge on any atom is -0.493 e. The number of esters is 1. The molecule has 2 N–H and O–H groups in total. The van der Waals surface area contributed by atoms with Crippen LogP contribution in [-0.2, 0) is 9.53 Å². The van der Waals surface area contributed by atoms with E-state index in [1.54, 1.807) is 26.0 Å². The second kappa shape index (κ2) is 8.24. The van der Waals surface area contributed by atoms with Gasteiger partial charge in [-0.3, -0.25) is 0 Å². The Kier molecular flexibility index (Phi) is 6.30. The van der Waals surface area contributed by atoms with Gasteiger partial charge in [-0.15, -0.1) is 0 Å². The van der Waals surface area contributed by atoms with Crippen LogP contribution in [0.2, 0.25) is 0 Å². The fourth-order valence-electron chi connectivity index (χ4n) is 2.61. The number of methoxy groups -OCH3 is 1. The van der Waals surface area contributed by atoms with Gasteiger partial charge in [0.05, 0.1) is 36.4 Å². The lowest BCUT2D eigenvalue weighted by Crippen LogP contribution is -2.45. The number of urea groups is 1. The third kappa shape index (κ3) is 4.07. The maximum Gasteiger partial charge on any atom is 0.338 e. The Morgan fingerprint density at radius 3 is 2.60 bits per heavy atom. The maximum atomic E-state index is 12.4. The number of ether oxygens (including phenoxy) is 3. The number of rotatable bonds is 6. The van der Waals surface area contributed by atoms with E-state index < -0.39 is 12.0 Å². The average Bonchev–Trinajstić information content (AvgIpc) is 2.55. The summed E-state index contributed by atoms with van der Waals surface area (Å²) in [5.41, 5.74) is 1.47. The van der Waals surface area contributed by atoms with E-state index in [0.717, 1.165) is 0 Å². The van der Waals surface area contributed by atoms with Crippen molar-refractivity contribution < 1.29 is 23.8 Å². The van der Waals surface area contributed by atoms with Crippen molar-refractivity contribution in [2.24, 2.45) is 0 Å². The molecular weight excluding hydrogens is 392 g/mol. The van der Waals surface area contributed by atoms with E-state index in [9.17, 15) is 9.59 Å². The summed E-state index contributed by atoms with van der Waals surface area (Å²) in [6.45, 7) is 5.99. The van der Waals surface area contributed by atoms with Crippen molar-refractivity contribution in [3.8, 4) is 11.5 Å². The first-order valence-corrected chi connectivity index (χ1v) is 8.67. The summed E-state index contributed by atoms with van der Waals surface area (Å²) in [7, 11) is 1.53. The van der Waals surface area contributed by atoms with E-state index in [1.807, 2.05) is 6.92 Å². The molecule has 1 aliphatic rings. The highest BCUT2D eigenvalue weighted by molar-refractivity contribution is 9.10. The van der Waals surface area contributed by atoms with Crippen molar-refractivity contribution in [2.75, 3.05) is 20.3 Å². The summed E-state index contributed by atoms with van der Waals surface area (Å²) in [6, 6.07) is 2.47. The number of carbonyl (C=O) groups is 2. The van der Waals surface area contributed by atoms with Crippen molar-refractivity contribution in [2.45, 2.75) is 26.8 Å². The van der Waals surface area contributed by atoms with Gasteiger partial charge in [0.25, 0.3) is 0 Å². The van der Waals surface area contributed by atoms with E-state index >= 15 is 0 Å². The summed E-state index contributed by atoms with van der Waals surface area (Å²) in [5, 5.41) is 5.36. The Hall–Kier alpha value is -2.22. The lowest BCUT2D eigenvalue weighted by atomic mass is 9.95. The van der Waals surface area contributed by atoms with Crippen LogP contribution in [-0.4, -0.2) is 32.3 Å². The molecule has 0 fully saturated rings. The number of halogens is 1. The van der Waals surface area contributed by atoms with Crippen LogP contribution >= 0.6 is 15.9 Å². The number of amides is 2. The predicted molar refractivity (Wildman–Crippen MR) is 95.6 cm³/mol. The molecule has 2 amide bonds. The highest BCUT2D eigenvalue weighted by Crippen LogP contribution is 2.40. The topological polar surface area (TPSA) is 85.9 Å². The third-order valence-corrected chi connectivity index (χ3v) is 4.23. The molecule has 1 aliphatic heterocycles. The molecular formula is C17H21BrN2O5. The number of allylic oxidation sites excluding steroid dienone is 1. The molecule has 1 heterocycles. The lowest BCUT2D eigenvalue weighted by Gasteiger charge is -2.28. The van der Waals surface area contributed by atoms with Crippen molar-refractivity contribution in [3.05, 3.63) is 33.4 Å². The van der Waals surface area contributed by atoms with Gasteiger partial charge in [0.2, 0.25) is 0 Å². The van der Waals surface area contributed by atoms with Gasteiger partial charge in [0.1, 0.15) is 0 Å². The first-order chi connectivity index (χ1) is 11.9. The molecule has 7 nitrogen and oxygen atoms in total. The Morgan fingerprint density at radius 1 is 1.28 bits per heavy atom. The molecule has 0 bridgehead atoms. The minimum atomic E-state index is -0.659. The van der Waals surface area contributed by atoms with Gasteiger partial charge in [-0.1, -0.05) is 0 Å². The highest BCUT2D eigenvalue weighted by atomic mass is 79.9. The molecule has 136 valence electrons. The first-order valence-electron chi connectivity index (χ1n) is 7.88. The fraction of sp³-hybridized carbons (Fsp3) is 0.412. The third-order valence-electron chi connectivity index (χ3n) is 3.64. The quantitative estimate of drug-likeness (QED) is 0.701. The standard InChI is InChI=1S/C17H21BrN2O5/c1-5-24-15-11(18)7-10(8-12(15)23-4)14-13(16(21)25-6-2)9(3)19-17(22)20-14/h7-8,14H,5-6H2,1-4H3,(H2,19,20,22). The molecule has 0 saturated heterocycles. The molecule has 2 rings (SSSR count). The summed E-state index contributed by atoms with van der Waals surface area (Å²) in [4.78, 5) is 24.3. The smallest absolute Gasteiger partial charge is 0.338 e. The first kappa shape index (κ1) is 19.1. The molecule has 1 aromatic carbocycles. The largest absolute Gasteiger partial charge is 0.493 e. The van der Waals surface area contributed by atoms with Gasteiger partial charge in [0, 0.05) is 5.70 Å². The average molecular weight is 413 g/mol. The van der Waals surface area contributed by atoms with Crippen LogP contribution in [0.5, 0.6) is 11.5 Å². The van der Waals surface area contributed by atoms with Gasteiger partial charge in [0.15, 0.2) is 11.5 Å². The molecule has 0 aromatic heterocycles. The zero-order valence-electron chi connectivity index (χ0n) is 14.6. The summed E-state index contributed by atoms with van der Waals surface area (Å²) >= 11 is 3.46. The minimum absolute atomic E-state index is 0.243. The molecule has 0 saturated carbocycles. The van der Waals surface area contributed by atoms with Gasteiger partial charge in [-0.2, -0.15) is 0 Å². The van der Waals surface area contributed by atoms with Crippen LogP contribution in [0.25, 0.3) is 0 Å². The predicted octanol–water partition coefficient (Wildman–Crippen LogP) is 3.05. The zero-order valence-corrected chi connectivity index (χ0v) is 16.2. The van der Waals surface area contributed by atoms with Gasteiger partial charge < -0.3 is 24.8 Å². The van der Waals surface area contributed by atoms with Crippen molar-refractivity contribution in [3.63, 3.8) is 0 Å². The molecule has 1 atom stereocenters. The van der Waals surface area contributed by atoms with Crippen molar-refractivity contribution in [1.82, 2.24) is 10.6 Å². The summed E-state index contributed by atoms with van der Waals surface area (Å²) < 4.78 is 16.8. The number of benzene rings is 1. The van der Waals surface area contributed by atoms with Crippen LogP contribution in [0.4, 0.5) is 4.79 Å². The number of hydrogen-bond donors (Lipinski definition) is 2. The lowest BCUT2D eigenvalue weighted by molar-refractivity contribution is -0.139. The van der Waals surface area contributed by atoms with Gasteiger partial charge in [-0.25, -0.2) is 9.59 Å². The maximum absolute atomic E-state index is 12.4. The second-order valence-corrected chi connectivity index (χ2v) is 6.11. The number of hydrogen-bond acceptors (Lipinski definition) is 5. The van der Waals surface area contributed by atoms with Crippen molar-refractivity contribution in [1.29, 1.82) is 0 Å². The molecule has 1 aromatic rings. The van der Waals surface area contributed by atoms with E-state index in [0.29, 0.717) is 39.4 Å². The Labute approximate surface area is 154 Å². The van der Waals surface area contributed by atoms with Gasteiger partial charge >= 0.3 is 12.0 Å². The Bertz CT molecular complexity index is 717. The SMILES string of the molecule is CCOC(=O)C1=C(C)NC(=O)NC1c1cc(Br)c(OCC)c(OC)c1. The van der Waals surface area contributed by atoms with E-state index in [4.69, 9.17) is 14.2 Å². The van der Waals surface area contributed by atoms with E-state index in [-0.39, 0.29) is 12.6 Å². The molecule has 0 spiro atoms. The molecule has 1 unspecified atom stereocenters. The molecule has 0 radical (unpaired) electrons. The van der Waals surface area contributed by atoms with Crippen LogP contribution < -0.4 is 20.1 Å².